The number of anilines is 1. The Bertz CT molecular complexity index is 429. The summed E-state index contributed by atoms with van der Waals surface area (Å²) in [6.45, 7) is 11.1. The van der Waals surface area contributed by atoms with Crippen molar-refractivity contribution >= 4 is 5.69 Å². The molecule has 1 aromatic carbocycles. The predicted octanol–water partition coefficient (Wildman–Crippen LogP) is 3.38. The predicted molar refractivity (Wildman–Crippen MR) is 87.5 cm³/mol. The van der Waals surface area contributed by atoms with Crippen molar-refractivity contribution in [3.8, 4) is 11.5 Å². The number of nitrogens with zero attached hydrogens (tertiary/aromatic N) is 1. The second-order valence-corrected chi connectivity index (χ2v) is 5.38. The minimum absolute atomic E-state index is 0.517. The highest BCUT2D eigenvalue weighted by Crippen LogP contribution is 2.31. The summed E-state index contributed by atoms with van der Waals surface area (Å²) in [6.07, 6.45) is 2.36. The lowest BCUT2D eigenvalue weighted by molar-refractivity contribution is 0.229. The van der Waals surface area contributed by atoms with Crippen LogP contribution in [0.25, 0.3) is 0 Å². The van der Waals surface area contributed by atoms with E-state index < -0.39 is 0 Å². The lowest BCUT2D eigenvalue weighted by Crippen LogP contribution is -2.38. The van der Waals surface area contributed by atoms with Crippen LogP contribution in [0.15, 0.2) is 18.2 Å². The molecule has 118 valence electrons. The minimum atomic E-state index is 0.517. The van der Waals surface area contributed by atoms with Crippen LogP contribution >= 0.6 is 0 Å². The van der Waals surface area contributed by atoms with E-state index in [1.165, 1.54) is 25.9 Å². The summed E-state index contributed by atoms with van der Waals surface area (Å²) in [5, 5.41) is 3.65. The fourth-order valence-electron chi connectivity index (χ4n) is 2.77. The molecular weight excluding hydrogens is 264 g/mol. The Labute approximate surface area is 128 Å². The smallest absolute Gasteiger partial charge is 0.142 e. The molecular formula is C17H28N2O2. The molecule has 0 bridgehead atoms. The van der Waals surface area contributed by atoms with Crippen molar-refractivity contribution in [2.24, 2.45) is 0 Å². The Kier molecular flexibility index (Phi) is 6.18. The van der Waals surface area contributed by atoms with Crippen molar-refractivity contribution in [2.45, 2.75) is 39.7 Å². The van der Waals surface area contributed by atoms with Crippen LogP contribution in [0.2, 0.25) is 0 Å². The van der Waals surface area contributed by atoms with E-state index in [-0.39, 0.29) is 0 Å². The van der Waals surface area contributed by atoms with Gasteiger partial charge in [0.2, 0.25) is 0 Å². The molecule has 4 nitrogen and oxygen atoms in total. The largest absolute Gasteiger partial charge is 0.494 e. The van der Waals surface area contributed by atoms with Gasteiger partial charge in [0.1, 0.15) is 11.5 Å². The molecule has 1 aromatic rings. The molecule has 0 amide bonds. The molecule has 1 aliphatic rings. The van der Waals surface area contributed by atoms with Gasteiger partial charge < -0.3 is 19.7 Å². The van der Waals surface area contributed by atoms with Crippen LogP contribution in [0, 0.1) is 0 Å². The fourth-order valence-corrected chi connectivity index (χ4v) is 2.77. The first-order valence-corrected chi connectivity index (χ1v) is 8.15. The quantitative estimate of drug-likeness (QED) is 0.835. The highest BCUT2D eigenvalue weighted by molar-refractivity contribution is 5.60. The third-order valence-corrected chi connectivity index (χ3v) is 3.96. The normalized spacial score (nSPS) is 16.7. The molecule has 21 heavy (non-hydrogen) atoms. The monoisotopic (exact) mass is 292 g/mol. The highest BCUT2D eigenvalue weighted by Gasteiger charge is 2.19. The maximum atomic E-state index is 5.73. The molecule has 0 radical (unpaired) electrons. The first kappa shape index (κ1) is 16.0. The maximum absolute atomic E-state index is 5.73. The van der Waals surface area contributed by atoms with E-state index in [2.05, 4.69) is 23.2 Å². The summed E-state index contributed by atoms with van der Waals surface area (Å²) in [7, 11) is 0. The summed E-state index contributed by atoms with van der Waals surface area (Å²) in [5.41, 5.74) is 1.05. The Morgan fingerprint density at radius 2 is 1.81 bits per heavy atom. The molecule has 0 atom stereocenters. The van der Waals surface area contributed by atoms with Crippen molar-refractivity contribution in [2.75, 3.05) is 38.2 Å². The maximum Gasteiger partial charge on any atom is 0.142 e. The zero-order chi connectivity index (χ0) is 15.1. The van der Waals surface area contributed by atoms with Crippen LogP contribution in [0.3, 0.4) is 0 Å². The number of piperidine rings is 1. The zero-order valence-corrected chi connectivity index (χ0v) is 13.5. The number of hydrogen-bond donors (Lipinski definition) is 1. The molecule has 4 heteroatoms. The van der Waals surface area contributed by atoms with E-state index in [1.54, 1.807) is 0 Å². The van der Waals surface area contributed by atoms with E-state index in [9.17, 15) is 0 Å². The minimum Gasteiger partial charge on any atom is -0.494 e. The molecule has 0 saturated carbocycles. The number of likely N-dealkylation sites (tertiary alicyclic amines) is 1. The van der Waals surface area contributed by atoms with Crippen molar-refractivity contribution in [1.82, 2.24) is 4.90 Å². The van der Waals surface area contributed by atoms with E-state index >= 15 is 0 Å². The standard InChI is InChI=1S/C17H28N2O2/c1-4-19-11-9-14(10-12-19)18-16-13-15(20-5-2)7-8-17(16)21-6-3/h7-8,13-14,18H,4-6,9-12H2,1-3H3. The van der Waals surface area contributed by atoms with Gasteiger partial charge in [0.15, 0.2) is 0 Å². The summed E-state index contributed by atoms with van der Waals surface area (Å²) < 4.78 is 11.3. The third-order valence-electron chi connectivity index (χ3n) is 3.96. The van der Waals surface area contributed by atoms with Gasteiger partial charge in [0.25, 0.3) is 0 Å². The average Bonchev–Trinajstić information content (AvgIpc) is 2.51. The molecule has 1 fully saturated rings. The summed E-state index contributed by atoms with van der Waals surface area (Å²) in [6, 6.07) is 6.54. The summed E-state index contributed by atoms with van der Waals surface area (Å²) >= 11 is 0. The molecule has 1 aliphatic heterocycles. The first-order chi connectivity index (χ1) is 10.3. The van der Waals surface area contributed by atoms with Gasteiger partial charge in [0, 0.05) is 25.2 Å². The van der Waals surface area contributed by atoms with Gasteiger partial charge >= 0.3 is 0 Å². The highest BCUT2D eigenvalue weighted by atomic mass is 16.5. The number of rotatable bonds is 7. The van der Waals surface area contributed by atoms with Gasteiger partial charge in [-0.25, -0.2) is 0 Å². The molecule has 1 N–H and O–H groups in total. The van der Waals surface area contributed by atoms with Crippen LogP contribution < -0.4 is 14.8 Å². The fraction of sp³-hybridized carbons (Fsp3) is 0.647. The van der Waals surface area contributed by atoms with Gasteiger partial charge in [0.05, 0.1) is 18.9 Å². The number of nitrogens with one attached hydrogen (secondary N) is 1. The van der Waals surface area contributed by atoms with E-state index in [4.69, 9.17) is 9.47 Å². The summed E-state index contributed by atoms with van der Waals surface area (Å²) in [5.74, 6) is 1.81. The topological polar surface area (TPSA) is 33.7 Å². The van der Waals surface area contributed by atoms with Crippen LogP contribution in [-0.2, 0) is 0 Å². The molecule has 2 rings (SSSR count). The van der Waals surface area contributed by atoms with Crippen molar-refractivity contribution in [3.63, 3.8) is 0 Å². The lowest BCUT2D eigenvalue weighted by Gasteiger charge is -2.32. The molecule has 1 heterocycles. The van der Waals surface area contributed by atoms with Gasteiger partial charge in [-0.1, -0.05) is 6.92 Å². The van der Waals surface area contributed by atoms with Gasteiger partial charge in [-0.05, 0) is 45.4 Å². The summed E-state index contributed by atoms with van der Waals surface area (Å²) in [4.78, 5) is 2.50. The van der Waals surface area contributed by atoms with Crippen molar-refractivity contribution in [1.29, 1.82) is 0 Å². The van der Waals surface area contributed by atoms with E-state index in [0.29, 0.717) is 19.3 Å². The average molecular weight is 292 g/mol. The Morgan fingerprint density at radius 3 is 2.43 bits per heavy atom. The Morgan fingerprint density at radius 1 is 1.10 bits per heavy atom. The lowest BCUT2D eigenvalue weighted by atomic mass is 10.0. The van der Waals surface area contributed by atoms with E-state index in [1.807, 2.05) is 26.0 Å². The van der Waals surface area contributed by atoms with Gasteiger partial charge in [-0.2, -0.15) is 0 Å². The van der Waals surface area contributed by atoms with Gasteiger partial charge in [-0.3, -0.25) is 0 Å². The Hall–Kier alpha value is -1.42. The molecule has 0 aromatic heterocycles. The molecule has 0 aliphatic carbocycles. The SMILES string of the molecule is CCOc1ccc(OCC)c(NC2CCN(CC)CC2)c1. The third kappa shape index (κ3) is 4.53. The number of hydrogen-bond acceptors (Lipinski definition) is 4. The number of benzene rings is 1. The Balaban J connectivity index is 2.04. The second-order valence-electron chi connectivity index (χ2n) is 5.38. The molecule has 1 saturated heterocycles. The van der Waals surface area contributed by atoms with Crippen molar-refractivity contribution in [3.05, 3.63) is 18.2 Å². The first-order valence-electron chi connectivity index (χ1n) is 8.15. The molecule has 0 spiro atoms. The number of ether oxygens (including phenoxy) is 2. The zero-order valence-electron chi connectivity index (χ0n) is 13.5. The van der Waals surface area contributed by atoms with Crippen LogP contribution in [0.5, 0.6) is 11.5 Å². The molecule has 0 unspecified atom stereocenters. The van der Waals surface area contributed by atoms with Gasteiger partial charge in [-0.15, -0.1) is 0 Å². The van der Waals surface area contributed by atoms with Crippen LogP contribution in [0.4, 0.5) is 5.69 Å². The van der Waals surface area contributed by atoms with Crippen molar-refractivity contribution < 1.29 is 9.47 Å². The second kappa shape index (κ2) is 8.13. The van der Waals surface area contributed by atoms with Crippen LogP contribution in [0.1, 0.15) is 33.6 Å². The van der Waals surface area contributed by atoms with Crippen LogP contribution in [-0.4, -0.2) is 43.8 Å². The van der Waals surface area contributed by atoms with E-state index in [0.717, 1.165) is 23.7 Å².